The van der Waals surface area contributed by atoms with Gasteiger partial charge in [-0.3, -0.25) is 0 Å². The summed E-state index contributed by atoms with van der Waals surface area (Å²) in [6, 6.07) is 4.17. The minimum atomic E-state index is 0.0995. The second kappa shape index (κ2) is 8.51. The molecule has 0 heterocycles. The smallest absolute Gasteiger partial charge is 0.147 e. The molecule has 1 N–H and O–H groups in total. The molecule has 0 saturated carbocycles. The van der Waals surface area contributed by atoms with E-state index in [1.54, 1.807) is 0 Å². The van der Waals surface area contributed by atoms with Crippen LogP contribution in [-0.4, -0.2) is 24.9 Å². The Balaban J connectivity index is 2.63. The van der Waals surface area contributed by atoms with E-state index in [9.17, 15) is 0 Å². The van der Waals surface area contributed by atoms with Crippen molar-refractivity contribution in [1.82, 2.24) is 5.32 Å². The van der Waals surface area contributed by atoms with Gasteiger partial charge in [-0.05, 0) is 84.2 Å². The molecule has 0 radical (unpaired) electrons. The van der Waals surface area contributed by atoms with E-state index in [2.05, 4.69) is 70.1 Å². The Morgan fingerprint density at radius 2 is 1.67 bits per heavy atom. The minimum Gasteiger partial charge on any atom is -0.489 e. The second-order valence-corrected chi connectivity index (χ2v) is 7.97. The van der Waals surface area contributed by atoms with Gasteiger partial charge in [0.15, 0.2) is 0 Å². The molecule has 0 unspecified atom stereocenters. The van der Waals surface area contributed by atoms with Gasteiger partial charge in [0, 0.05) is 12.1 Å². The molecule has 21 heavy (non-hydrogen) atoms. The number of ether oxygens (including phenoxy) is 2. The standard InChI is InChI=1S/C16H25Br2NO2/c1-11(2)20-6-7-21-15-13(17)8-12(9-14(15)18)10-19-16(3,4)5/h8-9,11,19H,6-7,10H2,1-5H3. The predicted octanol–water partition coefficient (Wildman–Crippen LogP) is 4.90. The van der Waals surface area contributed by atoms with Gasteiger partial charge in [-0.15, -0.1) is 0 Å². The number of hydrogen-bond acceptors (Lipinski definition) is 3. The first-order chi connectivity index (χ1) is 9.69. The zero-order chi connectivity index (χ0) is 16.0. The summed E-state index contributed by atoms with van der Waals surface area (Å²) in [5.41, 5.74) is 1.30. The number of benzene rings is 1. The molecular weight excluding hydrogens is 398 g/mol. The molecular formula is C16H25Br2NO2. The van der Waals surface area contributed by atoms with Gasteiger partial charge in [0.1, 0.15) is 12.4 Å². The van der Waals surface area contributed by atoms with Gasteiger partial charge in [-0.25, -0.2) is 0 Å². The Bertz CT molecular complexity index is 433. The highest BCUT2D eigenvalue weighted by Gasteiger charge is 2.12. The maximum absolute atomic E-state index is 5.78. The summed E-state index contributed by atoms with van der Waals surface area (Å²) in [5, 5.41) is 3.47. The molecule has 0 aliphatic rings. The maximum atomic E-state index is 5.78. The summed E-state index contributed by atoms with van der Waals surface area (Å²) < 4.78 is 13.2. The van der Waals surface area contributed by atoms with Crippen LogP contribution in [0.15, 0.2) is 21.1 Å². The predicted molar refractivity (Wildman–Crippen MR) is 95.0 cm³/mol. The zero-order valence-corrected chi connectivity index (χ0v) is 16.6. The Kier molecular flexibility index (Phi) is 7.68. The van der Waals surface area contributed by atoms with Crippen LogP contribution in [0.3, 0.4) is 0 Å². The van der Waals surface area contributed by atoms with E-state index in [0.717, 1.165) is 21.2 Å². The van der Waals surface area contributed by atoms with Crippen LogP contribution in [0.5, 0.6) is 5.75 Å². The molecule has 0 spiro atoms. The van der Waals surface area contributed by atoms with Crippen molar-refractivity contribution >= 4 is 31.9 Å². The van der Waals surface area contributed by atoms with Crippen molar-refractivity contribution in [1.29, 1.82) is 0 Å². The third-order valence-electron chi connectivity index (χ3n) is 2.66. The molecule has 1 aromatic carbocycles. The van der Waals surface area contributed by atoms with Gasteiger partial charge >= 0.3 is 0 Å². The van der Waals surface area contributed by atoms with Gasteiger partial charge in [0.2, 0.25) is 0 Å². The average Bonchev–Trinajstić information content (AvgIpc) is 2.33. The number of halogens is 2. The van der Waals surface area contributed by atoms with Crippen molar-refractivity contribution in [3.05, 3.63) is 26.6 Å². The van der Waals surface area contributed by atoms with E-state index in [-0.39, 0.29) is 11.6 Å². The van der Waals surface area contributed by atoms with Gasteiger partial charge in [-0.2, -0.15) is 0 Å². The van der Waals surface area contributed by atoms with Crippen molar-refractivity contribution in [3.8, 4) is 5.75 Å². The molecule has 1 aromatic rings. The third-order valence-corrected chi connectivity index (χ3v) is 3.84. The summed E-state index contributed by atoms with van der Waals surface area (Å²) in [5.74, 6) is 0.821. The first-order valence-electron chi connectivity index (χ1n) is 7.16. The van der Waals surface area contributed by atoms with Crippen LogP contribution in [0.2, 0.25) is 0 Å². The number of hydrogen-bond donors (Lipinski definition) is 1. The van der Waals surface area contributed by atoms with Crippen LogP contribution in [-0.2, 0) is 11.3 Å². The lowest BCUT2D eigenvalue weighted by molar-refractivity contribution is 0.0549. The van der Waals surface area contributed by atoms with Crippen molar-refractivity contribution in [2.24, 2.45) is 0 Å². The molecule has 0 saturated heterocycles. The quantitative estimate of drug-likeness (QED) is 0.633. The fourth-order valence-corrected chi connectivity index (χ4v) is 3.16. The summed E-state index contributed by atoms with van der Waals surface area (Å²) >= 11 is 7.15. The Morgan fingerprint density at radius 1 is 1.10 bits per heavy atom. The van der Waals surface area contributed by atoms with Crippen LogP contribution >= 0.6 is 31.9 Å². The summed E-state index contributed by atoms with van der Waals surface area (Å²) in [7, 11) is 0. The lowest BCUT2D eigenvalue weighted by Crippen LogP contribution is -2.35. The molecule has 0 aromatic heterocycles. The van der Waals surface area contributed by atoms with Crippen LogP contribution in [0, 0.1) is 0 Å². The van der Waals surface area contributed by atoms with Crippen LogP contribution in [0.4, 0.5) is 0 Å². The SMILES string of the molecule is CC(C)OCCOc1c(Br)cc(CNC(C)(C)C)cc1Br. The molecule has 0 atom stereocenters. The molecule has 0 amide bonds. The zero-order valence-electron chi connectivity index (χ0n) is 13.4. The Hall–Kier alpha value is -0.100. The second-order valence-electron chi connectivity index (χ2n) is 6.26. The van der Waals surface area contributed by atoms with Crippen LogP contribution in [0.1, 0.15) is 40.2 Å². The molecule has 3 nitrogen and oxygen atoms in total. The third kappa shape index (κ3) is 7.63. The normalized spacial score (nSPS) is 12.0. The number of rotatable bonds is 7. The van der Waals surface area contributed by atoms with Crippen LogP contribution in [0.25, 0.3) is 0 Å². The highest BCUT2D eigenvalue weighted by molar-refractivity contribution is 9.11. The van der Waals surface area contributed by atoms with E-state index < -0.39 is 0 Å². The van der Waals surface area contributed by atoms with E-state index in [0.29, 0.717) is 13.2 Å². The van der Waals surface area contributed by atoms with Crippen molar-refractivity contribution in [3.63, 3.8) is 0 Å². The largest absolute Gasteiger partial charge is 0.489 e. The van der Waals surface area contributed by atoms with Gasteiger partial charge < -0.3 is 14.8 Å². The summed E-state index contributed by atoms with van der Waals surface area (Å²) in [4.78, 5) is 0. The topological polar surface area (TPSA) is 30.5 Å². The van der Waals surface area contributed by atoms with E-state index >= 15 is 0 Å². The van der Waals surface area contributed by atoms with Crippen molar-refractivity contribution < 1.29 is 9.47 Å². The van der Waals surface area contributed by atoms with E-state index in [1.165, 1.54) is 5.56 Å². The highest BCUT2D eigenvalue weighted by Crippen LogP contribution is 2.34. The average molecular weight is 423 g/mol. The highest BCUT2D eigenvalue weighted by atomic mass is 79.9. The van der Waals surface area contributed by atoms with Crippen molar-refractivity contribution in [2.45, 2.75) is 52.8 Å². The molecule has 120 valence electrons. The van der Waals surface area contributed by atoms with E-state index in [4.69, 9.17) is 9.47 Å². The van der Waals surface area contributed by atoms with Gasteiger partial charge in [0.25, 0.3) is 0 Å². The summed E-state index contributed by atoms with van der Waals surface area (Å²) in [6.07, 6.45) is 0.228. The first kappa shape index (κ1) is 18.9. The maximum Gasteiger partial charge on any atom is 0.147 e. The fourth-order valence-electron chi connectivity index (χ4n) is 1.65. The number of nitrogens with one attached hydrogen (secondary N) is 1. The molecule has 0 fully saturated rings. The fraction of sp³-hybridized carbons (Fsp3) is 0.625. The molecule has 0 bridgehead atoms. The van der Waals surface area contributed by atoms with Gasteiger partial charge in [0.05, 0.1) is 21.7 Å². The monoisotopic (exact) mass is 421 g/mol. The molecule has 0 aliphatic carbocycles. The first-order valence-corrected chi connectivity index (χ1v) is 8.75. The lowest BCUT2D eigenvalue weighted by Gasteiger charge is -2.21. The lowest BCUT2D eigenvalue weighted by atomic mass is 10.1. The Labute approximate surface area is 145 Å². The van der Waals surface area contributed by atoms with Crippen LogP contribution < -0.4 is 10.1 Å². The van der Waals surface area contributed by atoms with E-state index in [1.807, 2.05) is 13.8 Å². The molecule has 0 aliphatic heterocycles. The Morgan fingerprint density at radius 3 is 2.14 bits per heavy atom. The molecule has 5 heteroatoms. The summed E-state index contributed by atoms with van der Waals surface area (Å²) in [6.45, 7) is 12.4. The van der Waals surface area contributed by atoms with Crippen molar-refractivity contribution in [2.75, 3.05) is 13.2 Å². The van der Waals surface area contributed by atoms with Gasteiger partial charge in [-0.1, -0.05) is 0 Å². The minimum absolute atomic E-state index is 0.0995. The molecule has 1 rings (SSSR count).